The van der Waals surface area contributed by atoms with Gasteiger partial charge in [-0.3, -0.25) is 4.79 Å². The maximum atomic E-state index is 11.7. The van der Waals surface area contributed by atoms with E-state index in [-0.39, 0.29) is 5.91 Å². The lowest BCUT2D eigenvalue weighted by Gasteiger charge is -2.08. The fourth-order valence-electron chi connectivity index (χ4n) is 1.73. The summed E-state index contributed by atoms with van der Waals surface area (Å²) < 4.78 is 0. The van der Waals surface area contributed by atoms with Crippen molar-refractivity contribution in [2.75, 3.05) is 18.4 Å². The Morgan fingerprint density at radius 2 is 1.94 bits per heavy atom. The molecular weight excluding hydrogens is 224 g/mol. The average molecular weight is 248 g/mol. The van der Waals surface area contributed by atoms with Gasteiger partial charge in [0.25, 0.3) is 0 Å². The van der Waals surface area contributed by atoms with Crippen LogP contribution in [0.15, 0.2) is 18.2 Å². The van der Waals surface area contributed by atoms with Gasteiger partial charge in [0.05, 0.1) is 6.54 Å². The first kappa shape index (κ1) is 14.7. The molecule has 0 saturated carbocycles. The highest BCUT2D eigenvalue weighted by Crippen LogP contribution is 2.13. The van der Waals surface area contributed by atoms with Gasteiger partial charge in [-0.15, -0.1) is 0 Å². The van der Waals surface area contributed by atoms with E-state index in [2.05, 4.69) is 24.5 Å². The lowest BCUT2D eigenvalue weighted by molar-refractivity contribution is -0.115. The van der Waals surface area contributed by atoms with Crippen LogP contribution in [0.4, 0.5) is 5.69 Å². The van der Waals surface area contributed by atoms with Gasteiger partial charge < -0.3 is 10.6 Å². The third-order valence-corrected chi connectivity index (χ3v) is 3.03. The molecule has 0 aliphatic heterocycles. The Balaban J connectivity index is 2.29. The number of carbonyl (C=O) groups excluding carboxylic acids is 1. The standard InChI is InChI=1S/C15H24N2O/c1-4-5-6-9-16-11-15(18)17-14-8-7-12(2)13(3)10-14/h7-8,10,16H,4-6,9,11H2,1-3H3,(H,17,18). The molecule has 1 aromatic rings. The maximum Gasteiger partial charge on any atom is 0.238 e. The number of hydrogen-bond donors (Lipinski definition) is 2. The van der Waals surface area contributed by atoms with Crippen LogP contribution in [0.2, 0.25) is 0 Å². The first-order valence-electron chi connectivity index (χ1n) is 6.71. The smallest absolute Gasteiger partial charge is 0.238 e. The Bertz CT molecular complexity index is 388. The van der Waals surface area contributed by atoms with E-state index in [1.807, 2.05) is 25.1 Å². The lowest BCUT2D eigenvalue weighted by atomic mass is 10.1. The number of benzene rings is 1. The number of rotatable bonds is 7. The summed E-state index contributed by atoms with van der Waals surface area (Å²) >= 11 is 0. The molecule has 0 bridgehead atoms. The van der Waals surface area contributed by atoms with Crippen LogP contribution in [-0.4, -0.2) is 19.0 Å². The van der Waals surface area contributed by atoms with E-state index in [1.54, 1.807) is 0 Å². The van der Waals surface area contributed by atoms with Crippen LogP contribution >= 0.6 is 0 Å². The highest BCUT2D eigenvalue weighted by Gasteiger charge is 2.02. The van der Waals surface area contributed by atoms with Crippen LogP contribution < -0.4 is 10.6 Å². The molecule has 1 rings (SSSR count). The van der Waals surface area contributed by atoms with E-state index in [4.69, 9.17) is 0 Å². The molecule has 0 aliphatic carbocycles. The van der Waals surface area contributed by atoms with Crippen LogP contribution in [0, 0.1) is 13.8 Å². The summed E-state index contributed by atoms with van der Waals surface area (Å²) in [6.45, 7) is 7.58. The summed E-state index contributed by atoms with van der Waals surface area (Å²) in [5.41, 5.74) is 3.31. The van der Waals surface area contributed by atoms with E-state index in [0.29, 0.717) is 6.54 Å². The molecule has 3 nitrogen and oxygen atoms in total. The first-order chi connectivity index (χ1) is 8.63. The molecule has 0 atom stereocenters. The van der Waals surface area contributed by atoms with Crippen LogP contribution in [-0.2, 0) is 4.79 Å². The Hall–Kier alpha value is -1.35. The van der Waals surface area contributed by atoms with Gasteiger partial charge >= 0.3 is 0 Å². The average Bonchev–Trinajstić information content (AvgIpc) is 2.34. The van der Waals surface area contributed by atoms with Crippen molar-refractivity contribution in [2.45, 2.75) is 40.0 Å². The van der Waals surface area contributed by atoms with E-state index < -0.39 is 0 Å². The van der Waals surface area contributed by atoms with E-state index in [0.717, 1.165) is 18.7 Å². The lowest BCUT2D eigenvalue weighted by Crippen LogP contribution is -2.28. The molecule has 2 N–H and O–H groups in total. The highest BCUT2D eigenvalue weighted by molar-refractivity contribution is 5.92. The molecule has 0 fully saturated rings. The molecule has 1 aromatic carbocycles. The van der Waals surface area contributed by atoms with Crippen molar-refractivity contribution >= 4 is 11.6 Å². The second-order valence-electron chi connectivity index (χ2n) is 4.73. The SMILES string of the molecule is CCCCCNCC(=O)Nc1ccc(C)c(C)c1. The molecule has 3 heteroatoms. The van der Waals surface area contributed by atoms with Gasteiger partial charge in [0.2, 0.25) is 5.91 Å². The number of aryl methyl sites for hydroxylation is 2. The fraction of sp³-hybridized carbons (Fsp3) is 0.533. The Kier molecular flexibility index (Phi) is 6.44. The summed E-state index contributed by atoms with van der Waals surface area (Å²) in [6.07, 6.45) is 3.55. The number of nitrogens with one attached hydrogen (secondary N) is 2. The molecule has 0 aliphatic rings. The molecule has 0 aromatic heterocycles. The summed E-state index contributed by atoms with van der Waals surface area (Å²) in [5, 5.41) is 6.05. The number of carbonyl (C=O) groups is 1. The number of anilines is 1. The number of amides is 1. The van der Waals surface area contributed by atoms with Crippen LogP contribution in [0.3, 0.4) is 0 Å². The van der Waals surface area contributed by atoms with Crippen molar-refractivity contribution in [3.63, 3.8) is 0 Å². The predicted octanol–water partition coefficient (Wildman–Crippen LogP) is 3.02. The van der Waals surface area contributed by atoms with Gasteiger partial charge in [0, 0.05) is 5.69 Å². The molecule has 0 heterocycles. The Morgan fingerprint density at radius 1 is 1.17 bits per heavy atom. The van der Waals surface area contributed by atoms with Gasteiger partial charge in [-0.25, -0.2) is 0 Å². The molecule has 0 radical (unpaired) electrons. The summed E-state index contributed by atoms with van der Waals surface area (Å²) in [5.74, 6) is 0.0229. The van der Waals surface area contributed by atoms with Crippen LogP contribution in [0.5, 0.6) is 0 Å². The molecule has 100 valence electrons. The molecular formula is C15H24N2O. The second kappa shape index (κ2) is 7.88. The third kappa shape index (κ3) is 5.32. The minimum absolute atomic E-state index is 0.0229. The highest BCUT2D eigenvalue weighted by atomic mass is 16.1. The minimum Gasteiger partial charge on any atom is -0.325 e. The Morgan fingerprint density at radius 3 is 2.61 bits per heavy atom. The number of hydrogen-bond acceptors (Lipinski definition) is 2. The second-order valence-corrected chi connectivity index (χ2v) is 4.73. The van der Waals surface area contributed by atoms with E-state index in [9.17, 15) is 4.79 Å². The molecule has 0 unspecified atom stereocenters. The van der Waals surface area contributed by atoms with Crippen molar-refractivity contribution in [3.8, 4) is 0 Å². The zero-order valence-corrected chi connectivity index (χ0v) is 11.7. The van der Waals surface area contributed by atoms with Crippen molar-refractivity contribution in [2.24, 2.45) is 0 Å². The number of unbranched alkanes of at least 4 members (excludes halogenated alkanes) is 2. The monoisotopic (exact) mass is 248 g/mol. The van der Waals surface area contributed by atoms with Crippen molar-refractivity contribution in [1.29, 1.82) is 0 Å². The predicted molar refractivity (Wildman–Crippen MR) is 76.9 cm³/mol. The topological polar surface area (TPSA) is 41.1 Å². The van der Waals surface area contributed by atoms with Gasteiger partial charge in [-0.2, -0.15) is 0 Å². The van der Waals surface area contributed by atoms with Gasteiger partial charge in [-0.05, 0) is 50.1 Å². The minimum atomic E-state index is 0.0229. The summed E-state index contributed by atoms with van der Waals surface area (Å²) in [6, 6.07) is 5.97. The normalized spacial score (nSPS) is 10.4. The zero-order valence-electron chi connectivity index (χ0n) is 11.7. The van der Waals surface area contributed by atoms with Gasteiger partial charge in [-0.1, -0.05) is 25.8 Å². The fourth-order valence-corrected chi connectivity index (χ4v) is 1.73. The maximum absolute atomic E-state index is 11.7. The molecule has 18 heavy (non-hydrogen) atoms. The summed E-state index contributed by atoms with van der Waals surface area (Å²) in [7, 11) is 0. The van der Waals surface area contributed by atoms with Crippen molar-refractivity contribution in [3.05, 3.63) is 29.3 Å². The van der Waals surface area contributed by atoms with Crippen molar-refractivity contribution < 1.29 is 4.79 Å². The van der Waals surface area contributed by atoms with E-state index >= 15 is 0 Å². The zero-order chi connectivity index (χ0) is 13.4. The molecule has 0 saturated heterocycles. The molecule has 0 spiro atoms. The summed E-state index contributed by atoms with van der Waals surface area (Å²) in [4.78, 5) is 11.7. The Labute approximate surface area is 110 Å². The van der Waals surface area contributed by atoms with Crippen LogP contribution in [0.25, 0.3) is 0 Å². The first-order valence-corrected chi connectivity index (χ1v) is 6.71. The van der Waals surface area contributed by atoms with Crippen LogP contribution in [0.1, 0.15) is 37.3 Å². The van der Waals surface area contributed by atoms with Crippen molar-refractivity contribution in [1.82, 2.24) is 5.32 Å². The van der Waals surface area contributed by atoms with Gasteiger partial charge in [0.1, 0.15) is 0 Å². The third-order valence-electron chi connectivity index (χ3n) is 3.03. The quantitative estimate of drug-likeness (QED) is 0.728. The van der Waals surface area contributed by atoms with Gasteiger partial charge in [0.15, 0.2) is 0 Å². The largest absolute Gasteiger partial charge is 0.325 e. The molecule has 1 amide bonds. The van der Waals surface area contributed by atoms with E-state index in [1.165, 1.54) is 24.0 Å².